The fraction of sp³-hybridized carbons (Fsp3) is 0. The van der Waals surface area contributed by atoms with E-state index in [1.165, 1.54) is 0 Å². The van der Waals surface area contributed by atoms with E-state index in [4.69, 9.17) is 34.9 Å². The average molecular weight is 818 g/mol. The van der Waals surface area contributed by atoms with Crippen molar-refractivity contribution in [1.29, 1.82) is 0 Å². The average Bonchev–Trinajstić information content (AvgIpc) is 3.38. The first-order chi connectivity index (χ1) is 31.6. The Hall–Kier alpha value is -8.81. The number of nitrogens with zero attached hydrogens (tertiary/aromatic N) is 7. The zero-order valence-electron chi connectivity index (χ0n) is 34.3. The highest BCUT2D eigenvalue weighted by Crippen LogP contribution is 2.33. The molecule has 12 rings (SSSR count). The predicted molar refractivity (Wildman–Crippen MR) is 259 cm³/mol. The van der Waals surface area contributed by atoms with Crippen molar-refractivity contribution in [2.24, 2.45) is 0 Å². The lowest BCUT2D eigenvalue weighted by molar-refractivity contribution is 1.06. The number of benzene rings is 7. The lowest BCUT2D eigenvalue weighted by atomic mass is 10.0. The van der Waals surface area contributed by atoms with Gasteiger partial charge in [-0.2, -0.15) is 0 Å². The van der Waals surface area contributed by atoms with Crippen molar-refractivity contribution in [2.75, 3.05) is 0 Å². The first kappa shape index (κ1) is 37.0. The molecule has 0 atom stereocenters. The second-order valence-electron chi connectivity index (χ2n) is 15.8. The van der Waals surface area contributed by atoms with Crippen LogP contribution in [-0.2, 0) is 0 Å². The Kier molecular flexibility index (Phi) is 9.01. The molecule has 7 aromatic carbocycles. The number of aromatic nitrogens is 7. The van der Waals surface area contributed by atoms with E-state index in [0.717, 1.165) is 99.6 Å². The minimum atomic E-state index is 0.523. The van der Waals surface area contributed by atoms with Gasteiger partial charge in [0.15, 0.2) is 17.5 Å². The van der Waals surface area contributed by atoms with Crippen LogP contribution in [0.3, 0.4) is 0 Å². The Labute approximate surface area is 368 Å². The largest absolute Gasteiger partial charge is 0.248 e. The van der Waals surface area contributed by atoms with Gasteiger partial charge in [-0.1, -0.05) is 164 Å². The zero-order chi connectivity index (χ0) is 42.4. The lowest BCUT2D eigenvalue weighted by Crippen LogP contribution is -2.01. The van der Waals surface area contributed by atoms with Crippen molar-refractivity contribution in [2.45, 2.75) is 0 Å². The molecule has 0 amide bonds. The standard InChI is InChI=1S/C57H35N7/c1-4-11-36(12-5-1)47-28-24-38-20-21-39-25-29-50(61-54(39)53(38)60-47)45-18-10-17-44(34-45)48-31-27-46-33-42(26-30-49(46)58-48)43-22-19-37-23-32-51(59-52(37)35-43)57-63-55(40-13-6-2-7-14-40)62-56(64-57)41-15-8-3-9-16-41/h1-35H. The maximum atomic E-state index is 5.20. The van der Waals surface area contributed by atoms with Gasteiger partial charge < -0.3 is 0 Å². The van der Waals surface area contributed by atoms with E-state index in [1.807, 2.05) is 84.9 Å². The third-order valence-electron chi connectivity index (χ3n) is 11.7. The highest BCUT2D eigenvalue weighted by atomic mass is 15.0. The molecule has 12 aromatic rings. The van der Waals surface area contributed by atoms with E-state index >= 15 is 0 Å². The zero-order valence-corrected chi connectivity index (χ0v) is 34.3. The molecule has 5 aromatic heterocycles. The first-order valence-electron chi connectivity index (χ1n) is 21.2. The summed E-state index contributed by atoms with van der Waals surface area (Å²) >= 11 is 0. The van der Waals surface area contributed by atoms with Crippen LogP contribution in [-0.4, -0.2) is 34.9 Å². The van der Waals surface area contributed by atoms with Crippen LogP contribution in [0.1, 0.15) is 0 Å². The van der Waals surface area contributed by atoms with Gasteiger partial charge in [0, 0.05) is 49.4 Å². The minimum absolute atomic E-state index is 0.523. The molecule has 64 heavy (non-hydrogen) atoms. The van der Waals surface area contributed by atoms with Crippen molar-refractivity contribution in [3.05, 3.63) is 212 Å². The van der Waals surface area contributed by atoms with E-state index in [2.05, 4.69) is 127 Å². The first-order valence-corrected chi connectivity index (χ1v) is 21.2. The van der Waals surface area contributed by atoms with Crippen LogP contribution in [0.4, 0.5) is 0 Å². The third-order valence-corrected chi connectivity index (χ3v) is 11.7. The molecule has 0 aliphatic carbocycles. The van der Waals surface area contributed by atoms with Crippen LogP contribution in [0.15, 0.2) is 212 Å². The van der Waals surface area contributed by atoms with Gasteiger partial charge >= 0.3 is 0 Å². The fourth-order valence-electron chi connectivity index (χ4n) is 8.35. The van der Waals surface area contributed by atoms with Crippen LogP contribution in [0.25, 0.3) is 123 Å². The summed E-state index contributed by atoms with van der Waals surface area (Å²) in [6.07, 6.45) is 0. The van der Waals surface area contributed by atoms with Crippen LogP contribution in [0.2, 0.25) is 0 Å². The summed E-state index contributed by atoms with van der Waals surface area (Å²) in [4.78, 5) is 35.2. The van der Waals surface area contributed by atoms with Crippen molar-refractivity contribution in [3.63, 3.8) is 0 Å². The molecule has 0 aliphatic rings. The summed E-state index contributed by atoms with van der Waals surface area (Å²) in [7, 11) is 0. The van der Waals surface area contributed by atoms with Gasteiger partial charge in [0.1, 0.15) is 5.69 Å². The molecule has 0 aliphatic heterocycles. The quantitative estimate of drug-likeness (QED) is 0.148. The Morgan fingerprint density at radius 3 is 1.28 bits per heavy atom. The highest BCUT2D eigenvalue weighted by molar-refractivity contribution is 6.04. The SMILES string of the molecule is c1ccc(-c2ccc3ccc4ccc(-c5cccc(-c6ccc7cc(-c8ccc9ccc(-c%10nc(-c%11ccccc%11)nc(-c%11ccccc%11)n%10)nc9c8)ccc7n6)c5)nc4c3n2)cc1. The molecule has 5 heterocycles. The molecule has 0 saturated heterocycles. The van der Waals surface area contributed by atoms with Crippen molar-refractivity contribution < 1.29 is 0 Å². The van der Waals surface area contributed by atoms with Gasteiger partial charge in [0.05, 0.1) is 39.1 Å². The molecule has 0 fully saturated rings. The van der Waals surface area contributed by atoms with Gasteiger partial charge in [-0.05, 0) is 59.7 Å². The van der Waals surface area contributed by atoms with Gasteiger partial charge in [0.25, 0.3) is 0 Å². The smallest absolute Gasteiger partial charge is 0.182 e. The molecule has 7 nitrogen and oxygen atoms in total. The van der Waals surface area contributed by atoms with Crippen molar-refractivity contribution in [1.82, 2.24) is 34.9 Å². The number of pyridine rings is 4. The third kappa shape index (κ3) is 6.97. The summed E-state index contributed by atoms with van der Waals surface area (Å²) in [6.45, 7) is 0. The summed E-state index contributed by atoms with van der Waals surface area (Å²) in [6, 6.07) is 72.5. The monoisotopic (exact) mass is 817 g/mol. The van der Waals surface area contributed by atoms with Crippen LogP contribution < -0.4 is 0 Å². The number of rotatable bonds is 7. The maximum absolute atomic E-state index is 5.20. The van der Waals surface area contributed by atoms with E-state index in [-0.39, 0.29) is 0 Å². The Balaban J connectivity index is 0.851. The molecular formula is C57H35N7. The number of fused-ring (bicyclic) bond motifs is 5. The summed E-state index contributed by atoms with van der Waals surface area (Å²) in [5.41, 5.74) is 14.0. The Morgan fingerprint density at radius 1 is 0.203 bits per heavy atom. The molecule has 0 saturated carbocycles. The van der Waals surface area contributed by atoms with Gasteiger partial charge in [-0.3, -0.25) is 0 Å². The molecule has 0 radical (unpaired) electrons. The second-order valence-corrected chi connectivity index (χ2v) is 15.8. The molecule has 0 spiro atoms. The van der Waals surface area contributed by atoms with Gasteiger partial charge in [0.2, 0.25) is 0 Å². The van der Waals surface area contributed by atoms with Crippen LogP contribution in [0.5, 0.6) is 0 Å². The summed E-state index contributed by atoms with van der Waals surface area (Å²) in [5, 5.41) is 4.20. The van der Waals surface area contributed by atoms with E-state index in [0.29, 0.717) is 23.2 Å². The van der Waals surface area contributed by atoms with Gasteiger partial charge in [-0.25, -0.2) is 34.9 Å². The van der Waals surface area contributed by atoms with Crippen LogP contribution in [0, 0.1) is 0 Å². The number of hydrogen-bond donors (Lipinski definition) is 0. The number of hydrogen-bond acceptors (Lipinski definition) is 7. The minimum Gasteiger partial charge on any atom is -0.248 e. The second kappa shape index (κ2) is 15.6. The summed E-state index contributed by atoms with van der Waals surface area (Å²) < 4.78 is 0. The van der Waals surface area contributed by atoms with Crippen LogP contribution >= 0.6 is 0 Å². The molecular weight excluding hydrogens is 783 g/mol. The molecule has 0 bridgehead atoms. The fourth-order valence-corrected chi connectivity index (χ4v) is 8.35. The molecule has 0 N–H and O–H groups in total. The molecule has 7 heteroatoms. The van der Waals surface area contributed by atoms with Crippen molar-refractivity contribution >= 4 is 43.6 Å². The predicted octanol–water partition coefficient (Wildman–Crippen LogP) is 13.7. The summed E-state index contributed by atoms with van der Waals surface area (Å²) in [5.74, 6) is 1.73. The van der Waals surface area contributed by atoms with Gasteiger partial charge in [-0.15, -0.1) is 0 Å². The maximum Gasteiger partial charge on any atom is 0.182 e. The lowest BCUT2D eigenvalue weighted by Gasteiger charge is -2.10. The van der Waals surface area contributed by atoms with E-state index in [1.54, 1.807) is 0 Å². The normalized spacial score (nSPS) is 11.4. The molecule has 298 valence electrons. The van der Waals surface area contributed by atoms with E-state index in [9.17, 15) is 0 Å². The topological polar surface area (TPSA) is 90.2 Å². The molecule has 0 unspecified atom stereocenters. The van der Waals surface area contributed by atoms with E-state index < -0.39 is 0 Å². The Morgan fingerprint density at radius 2 is 0.641 bits per heavy atom. The Bertz CT molecular complexity index is 3670. The highest BCUT2D eigenvalue weighted by Gasteiger charge is 2.15. The van der Waals surface area contributed by atoms with Crippen molar-refractivity contribution in [3.8, 4) is 79.2 Å².